The van der Waals surface area contributed by atoms with Crippen LogP contribution in [0, 0.1) is 13.8 Å². The number of amides is 2. The first-order chi connectivity index (χ1) is 16.8. The van der Waals surface area contributed by atoms with Crippen molar-refractivity contribution < 1.29 is 19.1 Å². The molecule has 1 heterocycles. The zero-order valence-electron chi connectivity index (χ0n) is 19.5. The van der Waals surface area contributed by atoms with Gasteiger partial charge < -0.3 is 14.8 Å². The number of nitrogens with zero attached hydrogens (tertiary/aromatic N) is 1. The van der Waals surface area contributed by atoms with Crippen molar-refractivity contribution in [1.82, 2.24) is 0 Å². The molecule has 3 aromatic rings. The van der Waals surface area contributed by atoms with Gasteiger partial charge in [0.2, 0.25) is 0 Å². The molecule has 35 heavy (non-hydrogen) atoms. The smallest absolute Gasteiger partial charge is 0.270 e. The monoisotopic (exact) mass is 504 g/mol. The van der Waals surface area contributed by atoms with Gasteiger partial charge in [-0.15, -0.1) is 0 Å². The van der Waals surface area contributed by atoms with E-state index in [1.54, 1.807) is 24.3 Å². The number of carbonyl (C=O) groups excluding carboxylic acids is 2. The molecule has 1 aliphatic heterocycles. The Morgan fingerprint density at radius 1 is 1.03 bits per heavy atom. The van der Waals surface area contributed by atoms with Gasteiger partial charge in [0, 0.05) is 5.69 Å². The summed E-state index contributed by atoms with van der Waals surface area (Å²) in [6.45, 7) is 3.78. The zero-order valence-corrected chi connectivity index (χ0v) is 21.2. The Morgan fingerprint density at radius 3 is 2.51 bits per heavy atom. The van der Waals surface area contributed by atoms with E-state index in [9.17, 15) is 9.59 Å². The minimum absolute atomic E-state index is 0.168. The lowest BCUT2D eigenvalue weighted by Gasteiger charge is -2.14. The number of thiocarbonyl (C=S) groups is 1. The minimum atomic E-state index is -0.276. The van der Waals surface area contributed by atoms with E-state index in [0.717, 1.165) is 22.4 Å². The van der Waals surface area contributed by atoms with Gasteiger partial charge in [-0.05, 0) is 67.4 Å². The molecule has 1 N–H and O–H groups in total. The zero-order chi connectivity index (χ0) is 24.9. The van der Waals surface area contributed by atoms with Crippen LogP contribution in [-0.4, -0.2) is 29.9 Å². The van der Waals surface area contributed by atoms with Crippen molar-refractivity contribution >= 4 is 57.6 Å². The number of nitrogens with one attached hydrogen (secondary N) is 1. The van der Waals surface area contributed by atoms with Crippen molar-refractivity contribution in [2.45, 2.75) is 13.8 Å². The SMILES string of the molecule is COc1cc(/C=C2\SC(=S)N(c3ccc(C)cc3)C2=O)ccc1OCC(=O)Nc1cccc(C)c1. The van der Waals surface area contributed by atoms with E-state index in [0.29, 0.717) is 26.4 Å². The maximum Gasteiger partial charge on any atom is 0.270 e. The van der Waals surface area contributed by atoms with E-state index in [2.05, 4.69) is 5.32 Å². The van der Waals surface area contributed by atoms with Gasteiger partial charge in [-0.25, -0.2) is 0 Å². The molecule has 8 heteroatoms. The molecule has 0 saturated carbocycles. The average Bonchev–Trinajstić information content (AvgIpc) is 3.11. The molecular weight excluding hydrogens is 480 g/mol. The van der Waals surface area contributed by atoms with Gasteiger partial charge in [0.05, 0.1) is 17.7 Å². The Balaban J connectivity index is 1.45. The van der Waals surface area contributed by atoms with Crippen molar-refractivity contribution in [2.75, 3.05) is 23.9 Å². The number of hydrogen-bond donors (Lipinski definition) is 1. The summed E-state index contributed by atoms with van der Waals surface area (Å²) in [6, 6.07) is 20.5. The number of carbonyl (C=O) groups is 2. The molecule has 3 aromatic carbocycles. The number of anilines is 2. The van der Waals surface area contributed by atoms with Crippen LogP contribution in [0.1, 0.15) is 16.7 Å². The highest BCUT2D eigenvalue weighted by Crippen LogP contribution is 2.37. The maximum atomic E-state index is 13.0. The second-order valence-electron chi connectivity index (χ2n) is 7.97. The van der Waals surface area contributed by atoms with E-state index < -0.39 is 0 Å². The van der Waals surface area contributed by atoms with Gasteiger partial charge in [-0.3, -0.25) is 14.5 Å². The fourth-order valence-electron chi connectivity index (χ4n) is 3.49. The average molecular weight is 505 g/mol. The number of thioether (sulfide) groups is 1. The summed E-state index contributed by atoms with van der Waals surface area (Å²) < 4.78 is 11.6. The van der Waals surface area contributed by atoms with E-state index in [-0.39, 0.29) is 18.4 Å². The summed E-state index contributed by atoms with van der Waals surface area (Å²) in [5, 5.41) is 2.81. The van der Waals surface area contributed by atoms with Crippen molar-refractivity contribution in [3.05, 3.63) is 88.3 Å². The highest BCUT2D eigenvalue weighted by Gasteiger charge is 2.33. The van der Waals surface area contributed by atoms with Crippen molar-refractivity contribution in [1.29, 1.82) is 0 Å². The first kappa shape index (κ1) is 24.5. The van der Waals surface area contributed by atoms with E-state index in [1.165, 1.54) is 23.8 Å². The van der Waals surface area contributed by atoms with Crippen LogP contribution >= 0.6 is 24.0 Å². The summed E-state index contributed by atoms with van der Waals surface area (Å²) in [5.41, 5.74) is 4.37. The van der Waals surface area contributed by atoms with E-state index in [1.807, 2.05) is 62.4 Å². The van der Waals surface area contributed by atoms with Crippen LogP contribution in [0.2, 0.25) is 0 Å². The van der Waals surface area contributed by atoms with Crippen LogP contribution < -0.4 is 19.7 Å². The van der Waals surface area contributed by atoms with Gasteiger partial charge in [-0.2, -0.15) is 0 Å². The topological polar surface area (TPSA) is 67.9 Å². The standard InChI is InChI=1S/C27H24N2O4S2/c1-17-7-10-21(11-8-17)29-26(31)24(35-27(29)34)15-19-9-12-22(23(14-19)32-3)33-16-25(30)28-20-6-4-5-18(2)13-20/h4-15H,16H2,1-3H3,(H,28,30)/b24-15-. The summed E-state index contributed by atoms with van der Waals surface area (Å²) >= 11 is 6.71. The van der Waals surface area contributed by atoms with Gasteiger partial charge in [0.1, 0.15) is 0 Å². The molecule has 0 bridgehead atoms. The molecule has 0 aromatic heterocycles. The van der Waals surface area contributed by atoms with Crippen molar-refractivity contribution in [2.24, 2.45) is 0 Å². The minimum Gasteiger partial charge on any atom is -0.493 e. The predicted octanol–water partition coefficient (Wildman–Crippen LogP) is 5.74. The largest absolute Gasteiger partial charge is 0.493 e. The molecule has 0 unspecified atom stereocenters. The fourth-order valence-corrected chi connectivity index (χ4v) is 4.79. The van der Waals surface area contributed by atoms with Crippen LogP contribution in [-0.2, 0) is 9.59 Å². The van der Waals surface area contributed by atoms with Gasteiger partial charge in [0.15, 0.2) is 22.4 Å². The Labute approximate surface area is 213 Å². The van der Waals surface area contributed by atoms with Crippen LogP contribution in [0.3, 0.4) is 0 Å². The van der Waals surface area contributed by atoms with Crippen LogP contribution in [0.15, 0.2) is 71.6 Å². The molecule has 4 rings (SSSR count). The molecular formula is C27H24N2O4S2. The molecule has 6 nitrogen and oxygen atoms in total. The van der Waals surface area contributed by atoms with Crippen LogP contribution in [0.5, 0.6) is 11.5 Å². The number of rotatable bonds is 7. The van der Waals surface area contributed by atoms with Crippen molar-refractivity contribution in [3.8, 4) is 11.5 Å². The van der Waals surface area contributed by atoms with Crippen LogP contribution in [0.4, 0.5) is 11.4 Å². The first-order valence-electron chi connectivity index (χ1n) is 10.9. The Kier molecular flexibility index (Phi) is 7.53. The molecule has 0 spiro atoms. The number of methoxy groups -OCH3 is 1. The Hall–Kier alpha value is -3.62. The summed E-state index contributed by atoms with van der Waals surface area (Å²) in [6.07, 6.45) is 1.77. The summed E-state index contributed by atoms with van der Waals surface area (Å²) in [7, 11) is 1.52. The van der Waals surface area contributed by atoms with Crippen molar-refractivity contribution in [3.63, 3.8) is 0 Å². The molecule has 1 aliphatic rings. The Morgan fingerprint density at radius 2 is 1.80 bits per heavy atom. The summed E-state index contributed by atoms with van der Waals surface area (Å²) in [5.74, 6) is 0.435. The highest BCUT2D eigenvalue weighted by molar-refractivity contribution is 8.27. The normalized spacial score (nSPS) is 14.4. The van der Waals surface area contributed by atoms with Gasteiger partial charge in [-0.1, -0.05) is 59.9 Å². The van der Waals surface area contributed by atoms with E-state index >= 15 is 0 Å². The van der Waals surface area contributed by atoms with Crippen LogP contribution in [0.25, 0.3) is 6.08 Å². The second kappa shape index (κ2) is 10.8. The molecule has 1 saturated heterocycles. The number of benzene rings is 3. The lowest BCUT2D eigenvalue weighted by Crippen LogP contribution is -2.27. The molecule has 1 fully saturated rings. The number of hydrogen-bond acceptors (Lipinski definition) is 6. The van der Waals surface area contributed by atoms with E-state index in [4.69, 9.17) is 21.7 Å². The highest BCUT2D eigenvalue weighted by atomic mass is 32.2. The molecule has 0 atom stereocenters. The summed E-state index contributed by atoms with van der Waals surface area (Å²) in [4.78, 5) is 27.4. The molecule has 0 aliphatic carbocycles. The Bertz CT molecular complexity index is 1320. The molecule has 0 radical (unpaired) electrons. The second-order valence-corrected chi connectivity index (χ2v) is 9.65. The molecule has 2 amide bonds. The first-order valence-corrected chi connectivity index (χ1v) is 12.1. The third-order valence-corrected chi connectivity index (χ3v) is 6.53. The quantitative estimate of drug-likeness (QED) is 0.327. The molecule has 178 valence electrons. The van der Waals surface area contributed by atoms with Gasteiger partial charge >= 0.3 is 0 Å². The third kappa shape index (κ3) is 5.90. The lowest BCUT2D eigenvalue weighted by atomic mass is 10.1. The number of aryl methyl sites for hydroxylation is 2. The lowest BCUT2D eigenvalue weighted by molar-refractivity contribution is -0.118. The number of ether oxygens (including phenoxy) is 2. The van der Waals surface area contributed by atoms with Gasteiger partial charge in [0.25, 0.3) is 11.8 Å². The predicted molar refractivity (Wildman–Crippen MR) is 145 cm³/mol. The fraction of sp³-hybridized carbons (Fsp3) is 0.148. The third-order valence-electron chi connectivity index (χ3n) is 5.23. The maximum absolute atomic E-state index is 13.0.